The van der Waals surface area contributed by atoms with Crippen LogP contribution in [0.5, 0.6) is 0 Å². The van der Waals surface area contributed by atoms with Crippen LogP contribution in [0.2, 0.25) is 10.2 Å². The van der Waals surface area contributed by atoms with Gasteiger partial charge in [0.05, 0.1) is 10.7 Å². The fourth-order valence-electron chi connectivity index (χ4n) is 1.51. The van der Waals surface area contributed by atoms with Crippen molar-refractivity contribution in [3.05, 3.63) is 57.8 Å². The predicted octanol–water partition coefficient (Wildman–Crippen LogP) is 2.74. The molecule has 3 N–H and O–H groups in total. The lowest BCUT2D eigenvalue weighted by molar-refractivity contribution is 0.0996. The molecule has 0 atom stereocenters. The number of halogens is 2. The second-order valence-corrected chi connectivity index (χ2v) is 4.67. The Morgan fingerprint density at radius 2 is 1.85 bits per heavy atom. The van der Waals surface area contributed by atoms with Crippen molar-refractivity contribution in [2.45, 2.75) is 0 Å². The summed E-state index contributed by atoms with van der Waals surface area (Å²) < 4.78 is 0. The van der Waals surface area contributed by atoms with Gasteiger partial charge in [-0.1, -0.05) is 23.2 Å². The van der Waals surface area contributed by atoms with Crippen LogP contribution in [0, 0.1) is 0 Å². The van der Waals surface area contributed by atoms with Gasteiger partial charge in [-0.15, -0.1) is 0 Å². The van der Waals surface area contributed by atoms with Gasteiger partial charge in [-0.25, -0.2) is 4.98 Å². The van der Waals surface area contributed by atoms with E-state index in [4.69, 9.17) is 28.9 Å². The van der Waals surface area contributed by atoms with Crippen molar-refractivity contribution in [3.63, 3.8) is 0 Å². The van der Waals surface area contributed by atoms with E-state index >= 15 is 0 Å². The molecule has 1 aromatic heterocycles. The van der Waals surface area contributed by atoms with E-state index in [-0.39, 0.29) is 10.7 Å². The Balaban J connectivity index is 2.27. The van der Waals surface area contributed by atoms with Gasteiger partial charge in [0.1, 0.15) is 5.15 Å². The molecule has 7 heteroatoms. The topological polar surface area (TPSA) is 85.1 Å². The number of benzene rings is 1. The van der Waals surface area contributed by atoms with Crippen LogP contribution < -0.4 is 11.1 Å². The van der Waals surface area contributed by atoms with Crippen molar-refractivity contribution in [1.29, 1.82) is 0 Å². The molecule has 0 unspecified atom stereocenters. The third kappa shape index (κ3) is 3.26. The van der Waals surface area contributed by atoms with Crippen LogP contribution in [-0.2, 0) is 0 Å². The van der Waals surface area contributed by atoms with Crippen molar-refractivity contribution >= 4 is 40.7 Å². The minimum Gasteiger partial charge on any atom is -0.366 e. The number of nitrogens with one attached hydrogen (secondary N) is 1. The summed E-state index contributed by atoms with van der Waals surface area (Å²) in [5, 5.41) is 3.08. The number of aromatic nitrogens is 1. The quantitative estimate of drug-likeness (QED) is 0.855. The molecule has 0 aliphatic carbocycles. The lowest BCUT2D eigenvalue weighted by Gasteiger charge is -2.08. The average molecular weight is 310 g/mol. The number of anilines is 1. The highest BCUT2D eigenvalue weighted by Gasteiger charge is 2.11. The summed E-state index contributed by atoms with van der Waals surface area (Å²) >= 11 is 11.7. The number of carbonyl (C=O) groups excluding carboxylic acids is 2. The summed E-state index contributed by atoms with van der Waals surface area (Å²) in [6.07, 6.45) is 1.42. The lowest BCUT2D eigenvalue weighted by atomic mass is 10.2. The molecule has 1 heterocycles. The maximum absolute atomic E-state index is 12.0. The maximum atomic E-state index is 12.0. The van der Waals surface area contributed by atoms with Crippen LogP contribution in [0.4, 0.5) is 5.69 Å². The summed E-state index contributed by atoms with van der Waals surface area (Å²) in [7, 11) is 0. The van der Waals surface area contributed by atoms with Crippen molar-refractivity contribution in [2.75, 3.05) is 5.32 Å². The number of nitrogens with zero attached hydrogens (tertiary/aromatic N) is 1. The van der Waals surface area contributed by atoms with E-state index in [0.29, 0.717) is 16.3 Å². The standard InChI is InChI=1S/C13H9Cl2N3O2/c14-9-2-1-7(12(16)19)5-10(9)18-13(20)8-3-4-17-11(15)6-8/h1-6H,(H2,16,19)(H,18,20). The fourth-order valence-corrected chi connectivity index (χ4v) is 1.85. The Morgan fingerprint density at radius 3 is 2.50 bits per heavy atom. The summed E-state index contributed by atoms with van der Waals surface area (Å²) in [5.74, 6) is -1.03. The molecule has 0 fully saturated rings. The highest BCUT2D eigenvalue weighted by molar-refractivity contribution is 6.34. The van der Waals surface area contributed by atoms with E-state index in [9.17, 15) is 9.59 Å². The van der Waals surface area contributed by atoms with E-state index < -0.39 is 11.8 Å². The van der Waals surface area contributed by atoms with Crippen molar-refractivity contribution in [1.82, 2.24) is 4.98 Å². The van der Waals surface area contributed by atoms with Crippen LogP contribution in [0.25, 0.3) is 0 Å². The normalized spacial score (nSPS) is 10.1. The summed E-state index contributed by atoms with van der Waals surface area (Å²) in [5.41, 5.74) is 6.04. The zero-order valence-corrected chi connectivity index (χ0v) is 11.6. The number of nitrogens with two attached hydrogens (primary N) is 1. The van der Waals surface area contributed by atoms with Crippen LogP contribution >= 0.6 is 23.2 Å². The van der Waals surface area contributed by atoms with E-state index in [1.54, 1.807) is 0 Å². The van der Waals surface area contributed by atoms with Gasteiger partial charge in [0.2, 0.25) is 5.91 Å². The van der Waals surface area contributed by atoms with E-state index in [0.717, 1.165) is 0 Å². The van der Waals surface area contributed by atoms with Gasteiger partial charge in [-0.3, -0.25) is 9.59 Å². The molecule has 0 radical (unpaired) electrons. The second-order valence-electron chi connectivity index (χ2n) is 3.88. The first-order valence-electron chi connectivity index (χ1n) is 5.49. The molecule has 0 aliphatic rings. The third-order valence-corrected chi connectivity index (χ3v) is 3.02. The molecular formula is C13H9Cl2N3O2. The molecule has 0 aliphatic heterocycles. The zero-order chi connectivity index (χ0) is 14.7. The highest BCUT2D eigenvalue weighted by Crippen LogP contribution is 2.23. The lowest BCUT2D eigenvalue weighted by Crippen LogP contribution is -2.15. The number of hydrogen-bond donors (Lipinski definition) is 2. The van der Waals surface area contributed by atoms with Crippen LogP contribution in [0.1, 0.15) is 20.7 Å². The van der Waals surface area contributed by atoms with Crippen molar-refractivity contribution in [2.24, 2.45) is 5.73 Å². The Morgan fingerprint density at radius 1 is 1.10 bits per heavy atom. The van der Waals surface area contributed by atoms with Gasteiger partial charge in [-0.2, -0.15) is 0 Å². The van der Waals surface area contributed by atoms with Gasteiger partial charge in [0.15, 0.2) is 0 Å². The fraction of sp³-hybridized carbons (Fsp3) is 0. The van der Waals surface area contributed by atoms with Crippen molar-refractivity contribution < 1.29 is 9.59 Å². The third-order valence-electron chi connectivity index (χ3n) is 2.49. The SMILES string of the molecule is NC(=O)c1ccc(Cl)c(NC(=O)c2ccnc(Cl)c2)c1. The van der Waals surface area contributed by atoms with Crippen LogP contribution in [0.3, 0.4) is 0 Å². The highest BCUT2D eigenvalue weighted by atomic mass is 35.5. The minimum atomic E-state index is -0.607. The maximum Gasteiger partial charge on any atom is 0.255 e. The number of primary amides is 1. The van der Waals surface area contributed by atoms with Gasteiger partial charge >= 0.3 is 0 Å². The Kier molecular flexibility index (Phi) is 4.22. The Labute approximate surface area is 124 Å². The first kappa shape index (κ1) is 14.3. The molecule has 5 nitrogen and oxygen atoms in total. The molecule has 2 rings (SSSR count). The first-order chi connectivity index (χ1) is 9.47. The van der Waals surface area contributed by atoms with Crippen molar-refractivity contribution in [3.8, 4) is 0 Å². The monoisotopic (exact) mass is 309 g/mol. The number of amides is 2. The molecular weight excluding hydrogens is 301 g/mol. The number of carbonyl (C=O) groups is 2. The predicted molar refractivity (Wildman–Crippen MR) is 77.2 cm³/mol. The number of pyridine rings is 1. The molecule has 0 saturated carbocycles. The summed E-state index contributed by atoms with van der Waals surface area (Å²) in [6.45, 7) is 0. The first-order valence-corrected chi connectivity index (χ1v) is 6.25. The van der Waals surface area contributed by atoms with Crippen LogP contribution in [-0.4, -0.2) is 16.8 Å². The van der Waals surface area contributed by atoms with Gasteiger partial charge in [-0.05, 0) is 30.3 Å². The minimum absolute atomic E-state index is 0.203. The second kappa shape index (κ2) is 5.90. The van der Waals surface area contributed by atoms with Gasteiger partial charge < -0.3 is 11.1 Å². The molecule has 0 bridgehead atoms. The molecule has 102 valence electrons. The van der Waals surface area contributed by atoms with E-state index in [2.05, 4.69) is 10.3 Å². The van der Waals surface area contributed by atoms with Crippen LogP contribution in [0.15, 0.2) is 36.5 Å². The number of rotatable bonds is 3. The van der Waals surface area contributed by atoms with Gasteiger partial charge in [0, 0.05) is 17.3 Å². The van der Waals surface area contributed by atoms with E-state index in [1.807, 2.05) is 0 Å². The number of hydrogen-bond acceptors (Lipinski definition) is 3. The zero-order valence-electron chi connectivity index (χ0n) is 10.1. The summed E-state index contributed by atoms with van der Waals surface area (Å²) in [4.78, 5) is 26.9. The Bertz CT molecular complexity index is 689. The molecule has 2 aromatic rings. The molecule has 1 aromatic carbocycles. The molecule has 0 saturated heterocycles. The largest absolute Gasteiger partial charge is 0.366 e. The smallest absolute Gasteiger partial charge is 0.255 e. The average Bonchev–Trinajstić information content (AvgIpc) is 2.41. The Hall–Kier alpha value is -2.11. The van der Waals surface area contributed by atoms with E-state index in [1.165, 1.54) is 36.5 Å². The molecule has 2 amide bonds. The molecule has 20 heavy (non-hydrogen) atoms. The molecule has 0 spiro atoms. The summed E-state index contributed by atoms with van der Waals surface area (Å²) in [6, 6.07) is 7.29. The van der Waals surface area contributed by atoms with Gasteiger partial charge in [0.25, 0.3) is 5.91 Å².